The van der Waals surface area contributed by atoms with Crippen LogP contribution in [0.3, 0.4) is 0 Å². The van der Waals surface area contributed by atoms with Crippen LogP contribution in [0.2, 0.25) is 0 Å². The number of hydrogen-bond acceptors (Lipinski definition) is 4. The quantitative estimate of drug-likeness (QED) is 0.569. The van der Waals surface area contributed by atoms with Gasteiger partial charge in [0, 0.05) is 13.0 Å². The first-order valence-electron chi connectivity index (χ1n) is 5.63. The molecular formula is C11H11Br2N5O2. The zero-order valence-electron chi connectivity index (χ0n) is 10.2. The third-order valence-electron chi connectivity index (χ3n) is 2.50. The van der Waals surface area contributed by atoms with Crippen molar-refractivity contribution in [3.05, 3.63) is 32.7 Å². The van der Waals surface area contributed by atoms with E-state index in [0.717, 1.165) is 4.47 Å². The predicted octanol–water partition coefficient (Wildman–Crippen LogP) is 1.85. The second-order valence-corrected chi connectivity index (χ2v) is 5.60. The molecule has 0 aliphatic heterocycles. The minimum absolute atomic E-state index is 0.163. The van der Waals surface area contributed by atoms with Gasteiger partial charge >= 0.3 is 0 Å². The molecule has 7 nitrogen and oxygen atoms in total. The largest absolute Gasteiger partial charge is 0.369 e. The number of carbonyl (C=O) groups excluding carboxylic acids is 2. The number of aromatic amines is 2. The fourth-order valence-corrected chi connectivity index (χ4v) is 2.18. The highest BCUT2D eigenvalue weighted by molar-refractivity contribution is 9.13. The number of carbonyl (C=O) groups is 2. The van der Waals surface area contributed by atoms with E-state index in [1.165, 1.54) is 6.20 Å². The zero-order valence-corrected chi connectivity index (χ0v) is 13.3. The van der Waals surface area contributed by atoms with Crippen LogP contribution in [0.1, 0.15) is 27.4 Å². The van der Waals surface area contributed by atoms with Gasteiger partial charge in [0.05, 0.1) is 15.3 Å². The van der Waals surface area contributed by atoms with Crippen LogP contribution < -0.4 is 11.1 Å². The Kier molecular flexibility index (Phi) is 4.61. The molecular weight excluding hydrogens is 394 g/mol. The summed E-state index contributed by atoms with van der Waals surface area (Å²) in [7, 11) is 0. The highest BCUT2D eigenvalue weighted by Crippen LogP contribution is 2.22. The molecule has 9 heteroatoms. The fraction of sp³-hybridized carbons (Fsp3) is 0.182. The Morgan fingerprint density at radius 1 is 1.30 bits per heavy atom. The molecule has 1 amide bonds. The first kappa shape index (κ1) is 14.8. The molecule has 20 heavy (non-hydrogen) atoms. The summed E-state index contributed by atoms with van der Waals surface area (Å²) in [5.41, 5.74) is 6.12. The van der Waals surface area contributed by atoms with Gasteiger partial charge in [0.25, 0.3) is 5.91 Å². The van der Waals surface area contributed by atoms with Gasteiger partial charge in [-0.25, -0.2) is 4.98 Å². The average molecular weight is 405 g/mol. The van der Waals surface area contributed by atoms with E-state index in [9.17, 15) is 9.59 Å². The third kappa shape index (κ3) is 3.48. The highest BCUT2D eigenvalue weighted by atomic mass is 79.9. The number of halogens is 2. The monoisotopic (exact) mass is 403 g/mol. The summed E-state index contributed by atoms with van der Waals surface area (Å²) in [5, 5.41) is 2.65. The Bertz CT molecular complexity index is 630. The number of nitrogens with zero attached hydrogens (tertiary/aromatic N) is 1. The Morgan fingerprint density at radius 2 is 2.05 bits per heavy atom. The normalized spacial score (nSPS) is 10.5. The van der Waals surface area contributed by atoms with Gasteiger partial charge in [-0.05, 0) is 37.9 Å². The molecule has 0 saturated carbocycles. The van der Waals surface area contributed by atoms with E-state index in [0.29, 0.717) is 16.0 Å². The van der Waals surface area contributed by atoms with Crippen LogP contribution in [0.5, 0.6) is 0 Å². The molecule has 0 aliphatic rings. The maximum absolute atomic E-state index is 11.8. The van der Waals surface area contributed by atoms with Gasteiger partial charge in [-0.1, -0.05) is 0 Å². The Morgan fingerprint density at radius 3 is 2.60 bits per heavy atom. The van der Waals surface area contributed by atoms with Crippen LogP contribution in [0.25, 0.3) is 0 Å². The molecule has 2 rings (SSSR count). The molecule has 0 radical (unpaired) electrons. The lowest BCUT2D eigenvalue weighted by atomic mass is 10.2. The van der Waals surface area contributed by atoms with Crippen molar-refractivity contribution in [3.63, 3.8) is 0 Å². The summed E-state index contributed by atoms with van der Waals surface area (Å²) in [6, 6.07) is 1.65. The van der Waals surface area contributed by atoms with E-state index in [-0.39, 0.29) is 30.6 Å². The highest BCUT2D eigenvalue weighted by Gasteiger charge is 2.12. The fourth-order valence-electron chi connectivity index (χ4n) is 1.52. The van der Waals surface area contributed by atoms with Gasteiger partial charge in [0.15, 0.2) is 11.7 Å². The molecule has 0 aliphatic carbocycles. The lowest BCUT2D eigenvalue weighted by Gasteiger charge is -2.02. The number of nitrogens with one attached hydrogen (secondary N) is 3. The van der Waals surface area contributed by atoms with Crippen molar-refractivity contribution in [1.29, 1.82) is 0 Å². The summed E-state index contributed by atoms with van der Waals surface area (Å²) in [6.45, 7) is 0.227. The number of ketones is 1. The van der Waals surface area contributed by atoms with Crippen molar-refractivity contribution in [2.24, 2.45) is 0 Å². The molecule has 2 aromatic rings. The number of anilines is 1. The van der Waals surface area contributed by atoms with Crippen molar-refractivity contribution >= 4 is 49.5 Å². The summed E-state index contributed by atoms with van der Waals surface area (Å²) < 4.78 is 1.44. The van der Waals surface area contributed by atoms with Gasteiger partial charge in [0.2, 0.25) is 0 Å². The molecule has 5 N–H and O–H groups in total. The van der Waals surface area contributed by atoms with E-state index in [1.54, 1.807) is 6.07 Å². The Balaban J connectivity index is 1.84. The summed E-state index contributed by atoms with van der Waals surface area (Å²) in [4.78, 5) is 32.8. The second-order valence-electron chi connectivity index (χ2n) is 3.96. The molecule has 0 atom stereocenters. The topological polar surface area (TPSA) is 117 Å². The van der Waals surface area contributed by atoms with E-state index in [2.05, 4.69) is 52.1 Å². The van der Waals surface area contributed by atoms with E-state index in [1.807, 2.05) is 0 Å². The number of Topliss-reactive ketones (excluding diaryl/α,β-unsaturated/α-hetero) is 1. The molecule has 2 heterocycles. The number of hydrogen-bond donors (Lipinski definition) is 4. The zero-order chi connectivity index (χ0) is 14.7. The minimum atomic E-state index is -0.284. The molecule has 0 fully saturated rings. The van der Waals surface area contributed by atoms with E-state index < -0.39 is 0 Å². The molecule has 2 aromatic heterocycles. The molecule has 0 spiro atoms. The summed E-state index contributed by atoms with van der Waals surface area (Å²) >= 11 is 6.52. The van der Waals surface area contributed by atoms with Crippen molar-refractivity contribution in [3.8, 4) is 0 Å². The lowest BCUT2D eigenvalue weighted by molar-refractivity contribution is 0.0935. The average Bonchev–Trinajstić information content (AvgIpc) is 2.96. The van der Waals surface area contributed by atoms with Gasteiger partial charge in [-0.3, -0.25) is 9.59 Å². The number of nitrogens with two attached hydrogens (primary N) is 1. The van der Waals surface area contributed by atoms with Gasteiger partial charge < -0.3 is 21.0 Å². The summed E-state index contributed by atoms with van der Waals surface area (Å²) in [5.74, 6) is -0.254. The van der Waals surface area contributed by atoms with Gasteiger partial charge in [-0.2, -0.15) is 0 Å². The van der Waals surface area contributed by atoms with Crippen molar-refractivity contribution in [1.82, 2.24) is 20.3 Å². The molecule has 0 saturated heterocycles. The Hall–Kier alpha value is -1.61. The van der Waals surface area contributed by atoms with Crippen LogP contribution in [-0.2, 0) is 0 Å². The molecule has 0 unspecified atom stereocenters. The van der Waals surface area contributed by atoms with Crippen LogP contribution in [0.15, 0.2) is 21.3 Å². The Labute approximate surface area is 131 Å². The minimum Gasteiger partial charge on any atom is -0.369 e. The number of amides is 1. The molecule has 0 aromatic carbocycles. The molecule has 0 bridgehead atoms. The number of aromatic nitrogens is 3. The van der Waals surface area contributed by atoms with Gasteiger partial charge in [0.1, 0.15) is 11.4 Å². The van der Waals surface area contributed by atoms with E-state index >= 15 is 0 Å². The molecule has 106 valence electrons. The summed E-state index contributed by atoms with van der Waals surface area (Å²) in [6.07, 6.45) is 1.54. The lowest BCUT2D eigenvalue weighted by Crippen LogP contribution is -2.26. The van der Waals surface area contributed by atoms with Gasteiger partial charge in [-0.15, -0.1) is 0 Å². The maximum atomic E-state index is 11.8. The SMILES string of the molecule is Nc1ncc(C(=O)CCNC(=O)c2cc(Br)c(Br)[nH]2)[nH]1. The number of nitrogen functional groups attached to an aromatic ring is 1. The number of rotatable bonds is 5. The standard InChI is InChI=1S/C11H11Br2N5O2/c12-5-3-6(17-9(5)13)10(20)15-2-1-8(19)7-4-16-11(14)18-7/h3-4,17H,1-2H2,(H,15,20)(H3,14,16,18). The predicted molar refractivity (Wildman–Crippen MR) is 80.5 cm³/mol. The second kappa shape index (κ2) is 6.23. The van der Waals surface area contributed by atoms with Crippen molar-refractivity contribution in [2.75, 3.05) is 12.3 Å². The smallest absolute Gasteiger partial charge is 0.267 e. The number of H-pyrrole nitrogens is 2. The van der Waals surface area contributed by atoms with Crippen LogP contribution in [-0.4, -0.2) is 33.2 Å². The number of imidazole rings is 1. The third-order valence-corrected chi connectivity index (χ3v) is 4.29. The maximum Gasteiger partial charge on any atom is 0.267 e. The van der Waals surface area contributed by atoms with Crippen LogP contribution >= 0.6 is 31.9 Å². The van der Waals surface area contributed by atoms with Crippen LogP contribution in [0.4, 0.5) is 5.95 Å². The van der Waals surface area contributed by atoms with Crippen molar-refractivity contribution in [2.45, 2.75) is 6.42 Å². The van der Waals surface area contributed by atoms with Crippen LogP contribution in [0, 0.1) is 0 Å². The first-order valence-corrected chi connectivity index (χ1v) is 7.22. The van der Waals surface area contributed by atoms with E-state index in [4.69, 9.17) is 5.73 Å². The first-order chi connectivity index (χ1) is 9.47. The van der Waals surface area contributed by atoms with Crippen molar-refractivity contribution < 1.29 is 9.59 Å².